The van der Waals surface area contributed by atoms with Crippen molar-refractivity contribution in [2.24, 2.45) is 4.99 Å². The van der Waals surface area contributed by atoms with Crippen LogP contribution in [-0.4, -0.2) is 42.1 Å². The first kappa shape index (κ1) is 16.8. The molecule has 5 nitrogen and oxygen atoms in total. The molecule has 1 aromatic rings. The SMILES string of the molecule is CCC(NC1=NCCN(C(=O)OC(C)(C)C)C1)c1cccs1. The highest BCUT2D eigenvalue weighted by Gasteiger charge is 2.25. The molecule has 1 atom stereocenters. The maximum atomic E-state index is 12.2. The van der Waals surface area contributed by atoms with E-state index in [1.807, 2.05) is 20.8 Å². The standard InChI is InChI=1S/C16H25N3O2S/c1-5-12(13-7-6-10-22-13)18-14-11-19(9-8-17-14)15(20)21-16(2,3)4/h6-7,10,12H,5,8-9,11H2,1-4H3,(H,17,18). The molecule has 1 amide bonds. The average Bonchev–Trinajstić information content (AvgIpc) is 2.97. The minimum Gasteiger partial charge on any atom is -0.444 e. The number of carbonyl (C=O) groups excluding carboxylic acids is 1. The van der Waals surface area contributed by atoms with E-state index in [0.29, 0.717) is 19.6 Å². The van der Waals surface area contributed by atoms with Gasteiger partial charge in [0.05, 0.1) is 19.1 Å². The van der Waals surface area contributed by atoms with Gasteiger partial charge in [-0.2, -0.15) is 0 Å². The summed E-state index contributed by atoms with van der Waals surface area (Å²) in [6.45, 7) is 9.49. The number of nitrogens with zero attached hydrogens (tertiary/aromatic N) is 2. The van der Waals surface area contributed by atoms with Crippen molar-refractivity contribution in [2.75, 3.05) is 19.6 Å². The van der Waals surface area contributed by atoms with Crippen molar-refractivity contribution in [3.8, 4) is 0 Å². The van der Waals surface area contributed by atoms with Crippen LogP contribution in [-0.2, 0) is 4.74 Å². The number of amides is 1. The van der Waals surface area contributed by atoms with E-state index in [2.05, 4.69) is 34.7 Å². The van der Waals surface area contributed by atoms with E-state index in [1.165, 1.54) is 4.88 Å². The Morgan fingerprint density at radius 1 is 1.55 bits per heavy atom. The minimum atomic E-state index is -0.470. The number of nitrogens with one attached hydrogen (secondary N) is 1. The first-order valence-electron chi connectivity index (χ1n) is 7.70. The van der Waals surface area contributed by atoms with Crippen molar-refractivity contribution >= 4 is 23.3 Å². The Morgan fingerprint density at radius 3 is 2.91 bits per heavy atom. The first-order valence-corrected chi connectivity index (χ1v) is 8.58. The van der Waals surface area contributed by atoms with Crippen LogP contribution in [0.3, 0.4) is 0 Å². The molecule has 1 aliphatic heterocycles. The van der Waals surface area contributed by atoms with Gasteiger partial charge >= 0.3 is 6.09 Å². The molecule has 0 spiro atoms. The van der Waals surface area contributed by atoms with Crippen molar-refractivity contribution < 1.29 is 9.53 Å². The number of hydrogen-bond acceptors (Lipinski definition) is 5. The second-order valence-corrected chi connectivity index (χ2v) is 7.33. The van der Waals surface area contributed by atoms with Crippen molar-refractivity contribution in [3.05, 3.63) is 22.4 Å². The van der Waals surface area contributed by atoms with Gasteiger partial charge in [-0.25, -0.2) is 4.79 Å². The van der Waals surface area contributed by atoms with E-state index < -0.39 is 5.60 Å². The topological polar surface area (TPSA) is 53.9 Å². The van der Waals surface area contributed by atoms with Crippen LogP contribution in [0.25, 0.3) is 0 Å². The second kappa shape index (κ2) is 7.13. The number of ether oxygens (including phenoxy) is 1. The molecule has 1 unspecified atom stereocenters. The number of thiophene rings is 1. The zero-order valence-electron chi connectivity index (χ0n) is 13.8. The zero-order chi connectivity index (χ0) is 16.2. The second-order valence-electron chi connectivity index (χ2n) is 6.35. The molecule has 6 heteroatoms. The van der Waals surface area contributed by atoms with Crippen LogP contribution in [0.5, 0.6) is 0 Å². The maximum absolute atomic E-state index is 12.2. The molecular weight excluding hydrogens is 298 g/mol. The average molecular weight is 323 g/mol. The van der Waals surface area contributed by atoms with E-state index in [9.17, 15) is 4.79 Å². The third kappa shape index (κ3) is 4.73. The summed E-state index contributed by atoms with van der Waals surface area (Å²) in [5.41, 5.74) is -0.470. The number of aliphatic imine (C=N–C) groups is 1. The van der Waals surface area contributed by atoms with Gasteiger partial charge in [-0.05, 0) is 38.6 Å². The Hall–Kier alpha value is -1.56. The van der Waals surface area contributed by atoms with Gasteiger partial charge in [0, 0.05) is 11.4 Å². The van der Waals surface area contributed by atoms with Crippen molar-refractivity contribution in [3.63, 3.8) is 0 Å². The normalized spacial score (nSPS) is 16.9. The monoisotopic (exact) mass is 323 g/mol. The zero-order valence-corrected chi connectivity index (χ0v) is 14.6. The molecule has 1 aliphatic rings. The Bertz CT molecular complexity index is 520. The lowest BCUT2D eigenvalue weighted by Gasteiger charge is -2.31. The molecule has 1 aromatic heterocycles. The molecule has 122 valence electrons. The predicted molar refractivity (Wildman–Crippen MR) is 90.6 cm³/mol. The molecule has 0 aromatic carbocycles. The van der Waals surface area contributed by atoms with Gasteiger partial charge in [-0.15, -0.1) is 11.3 Å². The number of hydrogen-bond donors (Lipinski definition) is 1. The summed E-state index contributed by atoms with van der Waals surface area (Å²) in [5.74, 6) is 0.859. The molecule has 0 saturated heterocycles. The van der Waals surface area contributed by atoms with Gasteiger partial charge in [0.1, 0.15) is 11.4 Å². The lowest BCUT2D eigenvalue weighted by atomic mass is 10.2. The lowest BCUT2D eigenvalue weighted by Crippen LogP contribution is -2.47. The van der Waals surface area contributed by atoms with Crippen LogP contribution in [0.4, 0.5) is 4.79 Å². The number of amidine groups is 1. The van der Waals surface area contributed by atoms with Gasteiger partial charge in [0.25, 0.3) is 0 Å². The molecule has 2 rings (SSSR count). The highest BCUT2D eigenvalue weighted by atomic mass is 32.1. The van der Waals surface area contributed by atoms with Crippen LogP contribution in [0.1, 0.15) is 45.0 Å². The van der Waals surface area contributed by atoms with Gasteiger partial charge in [-0.3, -0.25) is 9.89 Å². The van der Waals surface area contributed by atoms with E-state index in [-0.39, 0.29) is 12.1 Å². The van der Waals surface area contributed by atoms with Crippen molar-refractivity contribution in [1.82, 2.24) is 10.2 Å². The lowest BCUT2D eigenvalue weighted by molar-refractivity contribution is 0.0276. The summed E-state index contributed by atoms with van der Waals surface area (Å²) >= 11 is 1.74. The van der Waals surface area contributed by atoms with Gasteiger partial charge in [0.2, 0.25) is 0 Å². The van der Waals surface area contributed by atoms with Gasteiger partial charge in [0.15, 0.2) is 0 Å². The molecule has 0 radical (unpaired) electrons. The van der Waals surface area contributed by atoms with Gasteiger partial charge < -0.3 is 10.1 Å². The van der Waals surface area contributed by atoms with Crippen LogP contribution < -0.4 is 5.32 Å². The number of carbonyl (C=O) groups is 1. The van der Waals surface area contributed by atoms with Crippen LogP contribution >= 0.6 is 11.3 Å². The summed E-state index contributed by atoms with van der Waals surface area (Å²) < 4.78 is 5.44. The molecular formula is C16H25N3O2S. The van der Waals surface area contributed by atoms with E-state index in [4.69, 9.17) is 4.74 Å². The number of rotatable bonds is 3. The Balaban J connectivity index is 1.95. The fraction of sp³-hybridized carbons (Fsp3) is 0.625. The first-order chi connectivity index (χ1) is 10.4. The maximum Gasteiger partial charge on any atom is 0.410 e. The predicted octanol–water partition coefficient (Wildman–Crippen LogP) is 3.44. The molecule has 0 aliphatic carbocycles. The summed E-state index contributed by atoms with van der Waals surface area (Å²) in [4.78, 5) is 19.7. The van der Waals surface area contributed by atoms with Crippen molar-refractivity contribution in [1.29, 1.82) is 0 Å². The van der Waals surface area contributed by atoms with Crippen molar-refractivity contribution in [2.45, 2.75) is 45.8 Å². The van der Waals surface area contributed by atoms with Crippen LogP contribution in [0.2, 0.25) is 0 Å². The third-order valence-electron chi connectivity index (χ3n) is 3.30. The summed E-state index contributed by atoms with van der Waals surface area (Å²) in [5, 5.41) is 5.55. The molecule has 1 N–H and O–H groups in total. The van der Waals surface area contributed by atoms with E-state index >= 15 is 0 Å². The smallest absolute Gasteiger partial charge is 0.410 e. The van der Waals surface area contributed by atoms with Gasteiger partial charge in [-0.1, -0.05) is 13.0 Å². The fourth-order valence-corrected chi connectivity index (χ4v) is 3.12. The highest BCUT2D eigenvalue weighted by Crippen LogP contribution is 2.22. The fourth-order valence-electron chi connectivity index (χ4n) is 2.25. The summed E-state index contributed by atoms with van der Waals surface area (Å²) in [7, 11) is 0. The highest BCUT2D eigenvalue weighted by molar-refractivity contribution is 7.10. The molecule has 0 saturated carbocycles. The van der Waals surface area contributed by atoms with E-state index in [1.54, 1.807) is 16.2 Å². The van der Waals surface area contributed by atoms with Crippen LogP contribution in [0, 0.1) is 0 Å². The van der Waals surface area contributed by atoms with E-state index in [0.717, 1.165) is 12.3 Å². The summed E-state index contributed by atoms with van der Waals surface area (Å²) in [6.07, 6.45) is 0.706. The Kier molecular flexibility index (Phi) is 5.45. The summed E-state index contributed by atoms with van der Waals surface area (Å²) in [6, 6.07) is 4.43. The Labute approximate surface area is 136 Å². The minimum absolute atomic E-state index is 0.248. The molecule has 22 heavy (non-hydrogen) atoms. The third-order valence-corrected chi connectivity index (χ3v) is 4.29. The largest absolute Gasteiger partial charge is 0.444 e. The molecule has 0 bridgehead atoms. The Morgan fingerprint density at radius 2 is 2.32 bits per heavy atom. The quantitative estimate of drug-likeness (QED) is 0.927. The molecule has 0 fully saturated rings. The molecule has 2 heterocycles. The van der Waals surface area contributed by atoms with Crippen LogP contribution in [0.15, 0.2) is 22.5 Å².